The number of phosphoric ester groups is 1. The Kier molecular flexibility index (Phi) is 8.81. The van der Waals surface area contributed by atoms with Crippen LogP contribution < -0.4 is 13.9 Å². The lowest BCUT2D eigenvalue weighted by atomic mass is 9.98. The van der Waals surface area contributed by atoms with Gasteiger partial charge in [0.25, 0.3) is 0 Å². The van der Waals surface area contributed by atoms with E-state index >= 15 is 0 Å². The molecule has 44 heavy (non-hydrogen) atoms. The summed E-state index contributed by atoms with van der Waals surface area (Å²) in [5.41, 5.74) is 5.56. The fraction of sp³-hybridized carbons (Fsp3) is 0.294. The third kappa shape index (κ3) is 6.55. The van der Waals surface area contributed by atoms with E-state index in [1.54, 1.807) is 24.3 Å². The fourth-order valence-electron chi connectivity index (χ4n) is 5.87. The van der Waals surface area contributed by atoms with Crippen molar-refractivity contribution in [3.63, 3.8) is 0 Å². The summed E-state index contributed by atoms with van der Waals surface area (Å²) in [6, 6.07) is 22.3. The van der Waals surface area contributed by atoms with Gasteiger partial charge in [-0.3, -0.25) is 4.52 Å². The molecule has 1 fully saturated rings. The molecule has 228 valence electrons. The van der Waals surface area contributed by atoms with Gasteiger partial charge in [0, 0.05) is 23.8 Å². The van der Waals surface area contributed by atoms with Gasteiger partial charge in [-0.1, -0.05) is 52.3 Å². The van der Waals surface area contributed by atoms with Crippen LogP contribution in [-0.2, 0) is 9.09 Å². The van der Waals surface area contributed by atoms with Crippen LogP contribution in [0.25, 0.3) is 16.7 Å². The van der Waals surface area contributed by atoms with Crippen molar-refractivity contribution in [2.45, 2.75) is 40.5 Å². The van der Waals surface area contributed by atoms with Crippen molar-refractivity contribution >= 4 is 40.6 Å². The van der Waals surface area contributed by atoms with Gasteiger partial charge in [-0.15, -0.1) is 0 Å². The molecule has 5 aromatic rings. The van der Waals surface area contributed by atoms with Gasteiger partial charge >= 0.3 is 7.82 Å². The van der Waals surface area contributed by atoms with E-state index in [0.29, 0.717) is 11.5 Å². The standard InChI is InChI=1S/C34H36BrN4O4P/c1-23-19-28(35)20-24(2)32(23)39-21-25(3)31-33(36-26(4)37-34(31)39)38-17-15-27(16-18-38)22-41-44(40,42-29-11-7-5-8-12-29)43-30-13-9-6-10-14-30/h5-14,19-21,27H,15-18,22H2,1-4H3. The molecule has 10 heteroatoms. The molecule has 1 saturated heterocycles. The van der Waals surface area contributed by atoms with E-state index in [-0.39, 0.29) is 12.5 Å². The lowest BCUT2D eigenvalue weighted by molar-refractivity contribution is 0.165. The number of aromatic nitrogens is 3. The van der Waals surface area contributed by atoms with Gasteiger partial charge in [0.2, 0.25) is 0 Å². The zero-order valence-corrected chi connectivity index (χ0v) is 27.8. The Labute approximate surface area is 266 Å². The third-order valence-corrected chi connectivity index (χ3v) is 9.72. The Morgan fingerprint density at radius 2 is 1.41 bits per heavy atom. The van der Waals surface area contributed by atoms with Crippen molar-refractivity contribution in [2.24, 2.45) is 5.92 Å². The quantitative estimate of drug-likeness (QED) is 0.144. The van der Waals surface area contributed by atoms with Gasteiger partial charge in [-0.25, -0.2) is 14.5 Å². The molecule has 0 amide bonds. The molecule has 1 aliphatic rings. The van der Waals surface area contributed by atoms with Crippen LogP contribution in [0.1, 0.15) is 35.4 Å². The number of hydrogen-bond donors (Lipinski definition) is 0. The molecule has 3 aromatic carbocycles. The van der Waals surface area contributed by atoms with Gasteiger partial charge in [0.05, 0.1) is 17.7 Å². The predicted octanol–water partition coefficient (Wildman–Crippen LogP) is 8.92. The second kappa shape index (κ2) is 12.8. The van der Waals surface area contributed by atoms with Gasteiger partial charge in [0.1, 0.15) is 23.1 Å². The number of benzene rings is 3. The minimum atomic E-state index is -3.93. The lowest BCUT2D eigenvalue weighted by Crippen LogP contribution is -2.36. The molecule has 3 heterocycles. The van der Waals surface area contributed by atoms with Gasteiger partial charge in [-0.05, 0) is 99.5 Å². The van der Waals surface area contributed by atoms with Crippen LogP contribution >= 0.6 is 23.8 Å². The Balaban J connectivity index is 1.19. The van der Waals surface area contributed by atoms with Crippen LogP contribution in [0, 0.1) is 33.6 Å². The molecule has 0 unspecified atom stereocenters. The minimum absolute atomic E-state index is 0.190. The maximum absolute atomic E-state index is 13.8. The highest BCUT2D eigenvalue weighted by molar-refractivity contribution is 9.10. The molecular formula is C34H36BrN4O4P. The SMILES string of the molecule is Cc1nc(N2CCC(COP(=O)(Oc3ccccc3)Oc3ccccc3)CC2)c2c(C)cn(-c3c(C)cc(Br)cc3C)c2n1. The monoisotopic (exact) mass is 674 g/mol. The average Bonchev–Trinajstić information content (AvgIpc) is 3.31. The first-order valence-corrected chi connectivity index (χ1v) is 17.1. The molecule has 0 radical (unpaired) electrons. The summed E-state index contributed by atoms with van der Waals surface area (Å²) in [6.45, 7) is 10.2. The number of piperidine rings is 1. The van der Waals surface area contributed by atoms with E-state index in [9.17, 15) is 4.57 Å². The van der Waals surface area contributed by atoms with Crippen LogP contribution in [-0.4, -0.2) is 34.2 Å². The van der Waals surface area contributed by atoms with Crippen molar-refractivity contribution in [1.29, 1.82) is 0 Å². The maximum atomic E-state index is 13.8. The molecule has 2 aromatic heterocycles. The number of phosphoric acid groups is 1. The van der Waals surface area contributed by atoms with Crippen LogP contribution in [0.2, 0.25) is 0 Å². The first-order chi connectivity index (χ1) is 21.2. The van der Waals surface area contributed by atoms with Crippen molar-refractivity contribution in [2.75, 3.05) is 24.6 Å². The number of anilines is 1. The van der Waals surface area contributed by atoms with Crippen LogP contribution in [0.4, 0.5) is 5.82 Å². The Bertz CT molecular complexity index is 1750. The zero-order valence-electron chi connectivity index (χ0n) is 25.4. The van der Waals surface area contributed by atoms with E-state index in [1.165, 1.54) is 11.1 Å². The molecule has 1 aliphatic heterocycles. The van der Waals surface area contributed by atoms with Gasteiger partial charge in [-0.2, -0.15) is 0 Å². The van der Waals surface area contributed by atoms with Crippen molar-refractivity contribution in [1.82, 2.24) is 14.5 Å². The predicted molar refractivity (Wildman–Crippen MR) is 178 cm³/mol. The number of nitrogens with zero attached hydrogens (tertiary/aromatic N) is 4. The van der Waals surface area contributed by atoms with Crippen molar-refractivity contribution in [3.8, 4) is 17.2 Å². The Morgan fingerprint density at radius 1 is 0.841 bits per heavy atom. The number of fused-ring (bicyclic) bond motifs is 1. The molecule has 8 nitrogen and oxygen atoms in total. The Morgan fingerprint density at radius 3 is 1.98 bits per heavy atom. The van der Waals surface area contributed by atoms with E-state index in [1.807, 2.05) is 43.3 Å². The molecule has 0 atom stereocenters. The first kappa shape index (κ1) is 30.4. The summed E-state index contributed by atoms with van der Waals surface area (Å²) in [5.74, 6) is 2.75. The third-order valence-electron chi connectivity index (χ3n) is 7.93. The lowest BCUT2D eigenvalue weighted by Gasteiger charge is -2.33. The summed E-state index contributed by atoms with van der Waals surface area (Å²) in [5, 5.41) is 1.07. The average molecular weight is 676 g/mol. The van der Waals surface area contributed by atoms with Gasteiger partial charge < -0.3 is 18.5 Å². The van der Waals surface area contributed by atoms with Crippen LogP contribution in [0.5, 0.6) is 11.5 Å². The molecule has 6 rings (SSSR count). The number of hydrogen-bond acceptors (Lipinski definition) is 7. The number of rotatable bonds is 9. The molecule has 0 spiro atoms. The fourth-order valence-corrected chi connectivity index (χ4v) is 7.86. The second-order valence-electron chi connectivity index (χ2n) is 11.3. The van der Waals surface area contributed by atoms with Gasteiger partial charge in [0.15, 0.2) is 5.65 Å². The first-order valence-electron chi connectivity index (χ1n) is 14.8. The highest BCUT2D eigenvalue weighted by Gasteiger charge is 2.33. The zero-order chi connectivity index (χ0) is 30.8. The number of halogens is 1. The summed E-state index contributed by atoms with van der Waals surface area (Å²) >= 11 is 3.63. The smallest absolute Gasteiger partial charge is 0.395 e. The number of para-hydroxylation sites is 2. The molecule has 0 bridgehead atoms. The normalized spacial score (nSPS) is 14.2. The molecule has 0 saturated carbocycles. The summed E-state index contributed by atoms with van der Waals surface area (Å²) in [4.78, 5) is 12.2. The number of aryl methyl sites for hydroxylation is 4. The topological polar surface area (TPSA) is 78.7 Å². The van der Waals surface area contributed by atoms with Crippen LogP contribution in [0.15, 0.2) is 83.5 Å². The molecule has 0 aliphatic carbocycles. The van der Waals surface area contributed by atoms with Crippen molar-refractivity contribution in [3.05, 3.63) is 106 Å². The summed E-state index contributed by atoms with van der Waals surface area (Å²) in [7, 11) is -3.93. The highest BCUT2D eigenvalue weighted by atomic mass is 79.9. The highest BCUT2D eigenvalue weighted by Crippen LogP contribution is 2.50. The molecular weight excluding hydrogens is 639 g/mol. The second-order valence-corrected chi connectivity index (χ2v) is 13.8. The van der Waals surface area contributed by atoms with E-state index < -0.39 is 7.82 Å². The summed E-state index contributed by atoms with van der Waals surface area (Å²) < 4.78 is 34.6. The molecule has 0 N–H and O–H groups in total. The van der Waals surface area contributed by atoms with Crippen LogP contribution in [0.3, 0.4) is 0 Å². The Hall–Kier alpha value is -3.65. The van der Waals surface area contributed by atoms with E-state index in [2.05, 4.69) is 64.5 Å². The largest absolute Gasteiger partial charge is 0.587 e. The van der Waals surface area contributed by atoms with E-state index in [4.69, 9.17) is 23.5 Å². The minimum Gasteiger partial charge on any atom is -0.395 e. The maximum Gasteiger partial charge on any atom is 0.587 e. The van der Waals surface area contributed by atoms with Crippen molar-refractivity contribution < 1.29 is 18.1 Å². The summed E-state index contributed by atoms with van der Waals surface area (Å²) in [6.07, 6.45) is 3.88. The van der Waals surface area contributed by atoms with E-state index in [0.717, 1.165) is 64.3 Å².